The Balaban J connectivity index is 2.55. The Morgan fingerprint density at radius 1 is 0.796 bits per heavy atom. The number of nitrogens with zero attached hydrogens (tertiary/aromatic N) is 1. The Morgan fingerprint density at radius 3 is 2.02 bits per heavy atom. The number of rotatable bonds is 11. The number of carbonyl (C=O) groups excluding carboxylic acids is 6. The molecule has 0 aromatic rings. The molecule has 7 atom stereocenters. The van der Waals surface area contributed by atoms with E-state index < -0.39 is 78.2 Å². The quantitative estimate of drug-likeness (QED) is 0.137. The third-order valence-corrected chi connectivity index (χ3v) is 9.78. The first-order valence-electron chi connectivity index (χ1n) is 18.4. The lowest BCUT2D eigenvalue weighted by atomic mass is 9.90. The summed E-state index contributed by atoms with van der Waals surface area (Å²) in [6.45, 7) is 7.33. The molecule has 49 heavy (non-hydrogen) atoms. The first-order chi connectivity index (χ1) is 23.3. The van der Waals surface area contributed by atoms with Gasteiger partial charge in [0.25, 0.3) is 0 Å². The standard InChI is InChI=1S/C35H63N7O7/c1-6-8-9-14-18-28-23(4)35(48)42(5)27(15-7-2)33(46)41-30(24-16-12-10-11-13-17-24)34(47)40-26(20-36)32(45)39-25(19-29(37)43)31(44)38-22(3)21-49-28/h22-28,30H,6-21,36H2,1-5H3,(H2,37,43)(H,38,44)(H,39,45)(H,40,47)(H,41,46)/t22-,23-,25+,26+,27+,28-,30+/m1/s1. The molecular formula is C35H63N7O7. The van der Waals surface area contributed by atoms with Crippen LogP contribution in [0.5, 0.6) is 0 Å². The van der Waals surface area contributed by atoms with Crippen LogP contribution in [0.1, 0.15) is 118 Å². The zero-order chi connectivity index (χ0) is 36.5. The van der Waals surface area contributed by atoms with Gasteiger partial charge in [0.1, 0.15) is 24.2 Å². The van der Waals surface area contributed by atoms with E-state index >= 15 is 0 Å². The van der Waals surface area contributed by atoms with Crippen LogP contribution in [-0.4, -0.2) is 96.9 Å². The van der Waals surface area contributed by atoms with Crippen LogP contribution in [0, 0.1) is 11.8 Å². The van der Waals surface area contributed by atoms with Gasteiger partial charge in [-0.1, -0.05) is 78.6 Å². The minimum atomic E-state index is -1.33. The van der Waals surface area contributed by atoms with Crippen LogP contribution in [0.2, 0.25) is 0 Å². The summed E-state index contributed by atoms with van der Waals surface area (Å²) in [7, 11) is 1.62. The van der Waals surface area contributed by atoms with Crippen molar-refractivity contribution in [2.45, 2.75) is 154 Å². The second kappa shape index (κ2) is 21.7. The van der Waals surface area contributed by atoms with Crippen molar-refractivity contribution in [1.82, 2.24) is 26.2 Å². The summed E-state index contributed by atoms with van der Waals surface area (Å²) in [6, 6.07) is -4.94. The zero-order valence-corrected chi connectivity index (χ0v) is 30.4. The number of unbranched alkanes of at least 4 members (excludes halogenated alkanes) is 3. The number of primary amides is 1. The van der Waals surface area contributed by atoms with Gasteiger partial charge in [-0.2, -0.15) is 0 Å². The Bertz CT molecular complexity index is 1100. The number of nitrogens with one attached hydrogen (secondary N) is 4. The van der Waals surface area contributed by atoms with Gasteiger partial charge in [0.2, 0.25) is 35.4 Å². The maximum Gasteiger partial charge on any atom is 0.244 e. The van der Waals surface area contributed by atoms with Gasteiger partial charge in [-0.3, -0.25) is 28.8 Å². The van der Waals surface area contributed by atoms with E-state index in [-0.39, 0.29) is 25.0 Å². The predicted molar refractivity (Wildman–Crippen MR) is 187 cm³/mol. The molecule has 14 heteroatoms. The minimum Gasteiger partial charge on any atom is -0.375 e. The van der Waals surface area contributed by atoms with Crippen LogP contribution < -0.4 is 32.7 Å². The number of hydrogen-bond donors (Lipinski definition) is 6. The maximum absolute atomic E-state index is 14.0. The van der Waals surface area contributed by atoms with Gasteiger partial charge in [-0.15, -0.1) is 0 Å². The lowest BCUT2D eigenvalue weighted by Crippen LogP contribution is -2.61. The molecule has 0 bridgehead atoms. The highest BCUT2D eigenvalue weighted by atomic mass is 16.5. The van der Waals surface area contributed by atoms with Gasteiger partial charge in [-0.25, -0.2) is 0 Å². The predicted octanol–water partition coefficient (Wildman–Crippen LogP) is 1.38. The van der Waals surface area contributed by atoms with Gasteiger partial charge < -0.3 is 42.4 Å². The second-order valence-corrected chi connectivity index (χ2v) is 13.9. The van der Waals surface area contributed by atoms with Crippen LogP contribution in [0.25, 0.3) is 0 Å². The summed E-state index contributed by atoms with van der Waals surface area (Å²) < 4.78 is 6.28. The second-order valence-electron chi connectivity index (χ2n) is 13.9. The number of nitrogens with two attached hydrogens (primary N) is 2. The highest BCUT2D eigenvalue weighted by molar-refractivity contribution is 5.97. The molecular weight excluding hydrogens is 630 g/mol. The van der Waals surface area contributed by atoms with Crippen molar-refractivity contribution in [1.29, 1.82) is 0 Å². The zero-order valence-electron chi connectivity index (χ0n) is 30.4. The summed E-state index contributed by atoms with van der Waals surface area (Å²) in [4.78, 5) is 82.1. The number of amides is 6. The SMILES string of the molecule is CCCCCC[C@H]1OC[C@@H](C)NC(=O)[C@H](CC(N)=O)NC(=O)[C@H](CN)NC(=O)[C@H](C2CCCCCC2)NC(=O)[C@H](CCC)N(C)C(=O)[C@@H]1C. The van der Waals surface area contributed by atoms with Gasteiger partial charge in [0.05, 0.1) is 25.0 Å². The summed E-state index contributed by atoms with van der Waals surface area (Å²) in [5.74, 6) is -4.29. The van der Waals surface area contributed by atoms with Crippen LogP contribution in [0.15, 0.2) is 0 Å². The van der Waals surface area contributed by atoms with Crippen LogP contribution in [-0.2, 0) is 33.5 Å². The van der Waals surface area contributed by atoms with Crippen molar-refractivity contribution in [2.24, 2.45) is 23.3 Å². The fourth-order valence-electron chi connectivity index (χ4n) is 6.78. The van der Waals surface area contributed by atoms with Crippen LogP contribution in [0.4, 0.5) is 0 Å². The monoisotopic (exact) mass is 693 g/mol. The molecule has 2 fully saturated rings. The van der Waals surface area contributed by atoms with E-state index in [1.54, 1.807) is 20.9 Å². The van der Waals surface area contributed by atoms with E-state index in [0.717, 1.165) is 51.4 Å². The van der Waals surface area contributed by atoms with Crippen LogP contribution in [0.3, 0.4) is 0 Å². The van der Waals surface area contributed by atoms with E-state index in [2.05, 4.69) is 28.2 Å². The highest BCUT2D eigenvalue weighted by Gasteiger charge is 2.38. The normalized spacial score (nSPS) is 29.4. The fourth-order valence-corrected chi connectivity index (χ4v) is 6.78. The molecule has 6 amide bonds. The van der Waals surface area contributed by atoms with E-state index in [1.807, 2.05) is 6.92 Å². The number of hydrogen-bond acceptors (Lipinski definition) is 8. The molecule has 2 aliphatic rings. The third-order valence-electron chi connectivity index (χ3n) is 9.78. The minimum absolute atomic E-state index is 0.0617. The van der Waals surface area contributed by atoms with Crippen molar-refractivity contribution in [3.63, 3.8) is 0 Å². The van der Waals surface area contributed by atoms with Gasteiger partial charge >= 0.3 is 0 Å². The Hall–Kier alpha value is -3.26. The smallest absolute Gasteiger partial charge is 0.244 e. The number of ether oxygens (including phenoxy) is 1. The molecule has 1 aliphatic heterocycles. The summed E-state index contributed by atoms with van der Waals surface area (Å²) in [5.41, 5.74) is 11.4. The summed E-state index contributed by atoms with van der Waals surface area (Å²) in [6.07, 6.45) is 9.80. The molecule has 0 unspecified atom stereocenters. The molecule has 0 spiro atoms. The maximum atomic E-state index is 14.0. The summed E-state index contributed by atoms with van der Waals surface area (Å²) in [5, 5.41) is 11.0. The van der Waals surface area contributed by atoms with E-state index in [1.165, 1.54) is 4.90 Å². The molecule has 280 valence electrons. The Morgan fingerprint density at radius 2 is 1.43 bits per heavy atom. The molecule has 0 aromatic heterocycles. The van der Waals surface area contributed by atoms with E-state index in [4.69, 9.17) is 16.2 Å². The molecule has 1 saturated carbocycles. The first kappa shape index (κ1) is 41.9. The Labute approximate surface area is 292 Å². The van der Waals surface area contributed by atoms with Gasteiger partial charge in [-0.05, 0) is 38.5 Å². The molecule has 8 N–H and O–H groups in total. The van der Waals surface area contributed by atoms with E-state index in [9.17, 15) is 28.8 Å². The van der Waals surface area contributed by atoms with Gasteiger partial charge in [0, 0.05) is 19.6 Å². The topological polar surface area (TPSA) is 215 Å². The average molecular weight is 694 g/mol. The largest absolute Gasteiger partial charge is 0.375 e. The molecule has 0 aromatic carbocycles. The lowest BCUT2D eigenvalue weighted by molar-refractivity contribution is -0.147. The van der Waals surface area contributed by atoms with Crippen molar-refractivity contribution in [3.05, 3.63) is 0 Å². The van der Waals surface area contributed by atoms with Crippen molar-refractivity contribution in [3.8, 4) is 0 Å². The molecule has 14 nitrogen and oxygen atoms in total. The number of carbonyl (C=O) groups is 6. The molecule has 1 saturated heterocycles. The van der Waals surface area contributed by atoms with Gasteiger partial charge in [0.15, 0.2) is 0 Å². The molecule has 0 radical (unpaired) electrons. The van der Waals surface area contributed by atoms with Crippen LogP contribution >= 0.6 is 0 Å². The van der Waals surface area contributed by atoms with Crippen molar-refractivity contribution >= 4 is 35.4 Å². The average Bonchev–Trinajstić information content (AvgIpc) is 3.35. The summed E-state index contributed by atoms with van der Waals surface area (Å²) >= 11 is 0. The molecule has 2 rings (SSSR count). The van der Waals surface area contributed by atoms with E-state index in [0.29, 0.717) is 32.1 Å². The first-order valence-corrected chi connectivity index (χ1v) is 18.4. The number of likely N-dealkylation sites (N-methyl/N-ethyl adjacent to an activating group) is 1. The fraction of sp³-hybridized carbons (Fsp3) is 0.829. The lowest BCUT2D eigenvalue weighted by Gasteiger charge is -2.34. The molecule has 1 heterocycles. The van der Waals surface area contributed by atoms with Crippen molar-refractivity contribution in [2.75, 3.05) is 20.2 Å². The Kier molecular flexibility index (Phi) is 18.6. The third kappa shape index (κ3) is 13.5. The van der Waals surface area contributed by atoms with Crippen molar-refractivity contribution < 1.29 is 33.5 Å². The molecule has 1 aliphatic carbocycles. The highest BCUT2D eigenvalue weighted by Crippen LogP contribution is 2.27.